The van der Waals surface area contributed by atoms with E-state index in [4.69, 9.17) is 11.4 Å². The lowest BCUT2D eigenvalue weighted by molar-refractivity contribution is -0.171. The molecule has 0 aromatic rings. The van der Waals surface area contributed by atoms with Crippen molar-refractivity contribution >= 4 is 5.97 Å². The van der Waals surface area contributed by atoms with E-state index in [1.54, 1.807) is 13.8 Å². The number of hydrogen-bond acceptors (Lipinski definition) is 1. The van der Waals surface area contributed by atoms with E-state index in [0.717, 1.165) is 10.2 Å². The fourth-order valence-corrected chi connectivity index (χ4v) is 2.10. The molecule has 1 rings (SSSR count). The molecule has 0 aromatic carbocycles. The predicted octanol–water partition coefficient (Wildman–Crippen LogP) is -2.19. The molecule has 1 saturated carbocycles. The van der Waals surface area contributed by atoms with E-state index < -0.39 is 36.1 Å². The van der Waals surface area contributed by atoms with Crippen LogP contribution >= 0.6 is 0 Å². The first-order valence-corrected chi connectivity index (χ1v) is 5.04. The zero-order valence-electron chi connectivity index (χ0n) is 16.7. The molecule has 0 bridgehead atoms. The van der Waals surface area contributed by atoms with E-state index in [9.17, 15) is 4.79 Å². The van der Waals surface area contributed by atoms with E-state index in [1.807, 2.05) is 0 Å². The van der Waals surface area contributed by atoms with Crippen molar-refractivity contribution in [3.63, 3.8) is 0 Å². The maximum atomic E-state index is 12.1. The van der Waals surface area contributed by atoms with Crippen LogP contribution in [-0.4, -0.2) is 56.2 Å². The van der Waals surface area contributed by atoms with Crippen LogP contribution in [0.5, 0.6) is 0 Å². The van der Waals surface area contributed by atoms with E-state index in [-0.39, 0.29) is 12.3 Å². The van der Waals surface area contributed by atoms with Crippen LogP contribution in [0.4, 0.5) is 0 Å². The van der Waals surface area contributed by atoms with Crippen molar-refractivity contribution in [1.82, 2.24) is 0 Å². The molecule has 0 aliphatic heterocycles. The Morgan fingerprint density at radius 2 is 1.93 bits per heavy atom. The van der Waals surface area contributed by atoms with Crippen LogP contribution in [0.1, 0.15) is 20.3 Å². The number of rotatable bonds is 5. The van der Waals surface area contributed by atoms with Gasteiger partial charge in [0.15, 0.2) is 5.92 Å². The molecule has 1 aliphatic carbocycles. The molecule has 5 heteroatoms. The quantitative estimate of drug-likeness (QED) is 0.491. The molecule has 15 heavy (non-hydrogen) atoms. The normalized spacial score (nSPS) is 49.9. The standard InChI is InChI=1S/C10H18O5/c1-4(2)5-3-6(10(14)15)8(12)9(13)7(5)11/h4-9,11-13H,3H2,1-2H3,(H,14,15)/p+4/i11D,12D,13D/hD5. The highest BCUT2D eigenvalue weighted by Crippen LogP contribution is 2.34. The lowest BCUT2D eigenvalue weighted by atomic mass is 9.71. The minimum Gasteiger partial charge on any atom is -0.564 e. The molecule has 1 fully saturated rings. The molecule has 1 aliphatic rings. The van der Waals surface area contributed by atoms with Crippen LogP contribution in [0, 0.1) is 17.8 Å². The summed E-state index contributed by atoms with van der Waals surface area (Å²) in [7, 11) is 0. The monoisotopic (exact) mass is 230 g/mol. The Morgan fingerprint density at radius 1 is 1.27 bits per heavy atom. The zero-order valence-corrected chi connectivity index (χ0v) is 8.71. The Balaban J connectivity index is 3.37. The molecule has 88 valence electrons. The van der Waals surface area contributed by atoms with E-state index >= 15 is 0 Å². The van der Waals surface area contributed by atoms with Crippen molar-refractivity contribution in [3.05, 3.63) is 0 Å². The van der Waals surface area contributed by atoms with E-state index in [2.05, 4.69) is 0 Å². The maximum Gasteiger partial charge on any atom is 0.527 e. The zero-order chi connectivity index (χ0) is 18.1. The van der Waals surface area contributed by atoms with Gasteiger partial charge < -0.3 is 20.4 Å². The molecule has 0 heterocycles. The summed E-state index contributed by atoms with van der Waals surface area (Å²) in [6, 6.07) is 0. The highest BCUT2D eigenvalue weighted by Gasteiger charge is 2.57. The van der Waals surface area contributed by atoms with Gasteiger partial charge in [0.2, 0.25) is 6.10 Å². The molecule has 8 N–H and O–H groups in total. The third-order valence-electron chi connectivity index (χ3n) is 3.15. The van der Waals surface area contributed by atoms with Crippen molar-refractivity contribution < 1.29 is 25.2 Å². The highest BCUT2D eigenvalue weighted by molar-refractivity contribution is 5.71. The first-order chi connectivity index (χ1) is 10.5. The van der Waals surface area contributed by atoms with Crippen LogP contribution in [-0.2, 0) is 4.79 Å². The van der Waals surface area contributed by atoms with Gasteiger partial charge in [0.05, 0.1) is 0 Å². The van der Waals surface area contributed by atoms with Crippen LogP contribution in [0.3, 0.4) is 0 Å². The smallest absolute Gasteiger partial charge is 0.527 e. The first kappa shape index (κ1) is 5.12. The molecule has 0 radical (unpaired) electrons. The van der Waals surface area contributed by atoms with Crippen molar-refractivity contribution in [3.8, 4) is 0 Å². The van der Waals surface area contributed by atoms with Crippen LogP contribution in [0.15, 0.2) is 0 Å². The Labute approximate surface area is 100 Å². The molecule has 5 unspecified atom stereocenters. The van der Waals surface area contributed by atoms with Gasteiger partial charge in [-0.05, 0) is 12.3 Å². The van der Waals surface area contributed by atoms with Gasteiger partial charge in [-0.3, -0.25) is 0 Å². The molecular weight excluding hydrogens is 200 g/mol. The van der Waals surface area contributed by atoms with Gasteiger partial charge in [-0.1, -0.05) is 13.8 Å². The summed E-state index contributed by atoms with van der Waals surface area (Å²) in [5.41, 5.74) is 0. The first-order valence-electron chi connectivity index (χ1n) is 8.31. The van der Waals surface area contributed by atoms with E-state index in [1.165, 1.54) is 5.11 Å². The summed E-state index contributed by atoms with van der Waals surface area (Å²) in [6.45, 7) is 3.56. The van der Waals surface area contributed by atoms with Crippen molar-refractivity contribution in [1.29, 1.82) is 11.4 Å². The molecule has 0 spiro atoms. The Hall–Kier alpha value is -0.650. The molecule has 5 atom stereocenters. The molecule has 0 amide bonds. The fraction of sp³-hybridized carbons (Fsp3) is 0.900. The van der Waals surface area contributed by atoms with Crippen molar-refractivity contribution in [2.45, 2.75) is 38.6 Å². The number of hydrogen-bond donors (Lipinski definition) is 0. The fourth-order valence-electron chi connectivity index (χ4n) is 2.10. The van der Waals surface area contributed by atoms with Crippen LogP contribution in [0.25, 0.3) is 0 Å². The lowest BCUT2D eigenvalue weighted by Crippen LogP contribution is -2.54. The van der Waals surface area contributed by atoms with E-state index in [0.29, 0.717) is 5.11 Å². The summed E-state index contributed by atoms with van der Waals surface area (Å²) >= 11 is 0. The lowest BCUT2D eigenvalue weighted by Gasteiger charge is -2.31. The second-order valence-electron chi connectivity index (χ2n) is 4.46. The summed E-state index contributed by atoms with van der Waals surface area (Å²) < 4.78 is 58.9. The molecule has 0 aromatic heterocycles. The van der Waals surface area contributed by atoms with Gasteiger partial charge in [0.1, 0.15) is 0 Å². The van der Waals surface area contributed by atoms with Gasteiger partial charge in [-0.2, -0.15) is 0 Å². The summed E-state index contributed by atoms with van der Waals surface area (Å²) in [5, 5.41) is 3.94. The van der Waals surface area contributed by atoms with Gasteiger partial charge >= 0.3 is 17.4 Å². The maximum absolute atomic E-state index is 12.1. The average molecular weight is 230 g/mol. The second kappa shape index (κ2) is 4.47. The topological polar surface area (TPSA) is 109 Å². The highest BCUT2D eigenvalue weighted by atomic mass is 16.4. The third kappa shape index (κ3) is 2.30. The third-order valence-corrected chi connectivity index (χ3v) is 3.15. The minimum absolute atomic E-state index is 0.000509. The van der Waals surface area contributed by atoms with Crippen molar-refractivity contribution in [2.24, 2.45) is 17.8 Å². The van der Waals surface area contributed by atoms with Gasteiger partial charge in [-0.25, -0.2) is 0 Å². The largest absolute Gasteiger partial charge is 0.564 e. The summed E-state index contributed by atoms with van der Waals surface area (Å²) in [4.78, 5) is 12.1. The Morgan fingerprint density at radius 3 is 2.40 bits per heavy atom. The average Bonchev–Trinajstić information content (AvgIpc) is 2.43. The van der Waals surface area contributed by atoms with Crippen LogP contribution < -0.4 is 0 Å². The molecule has 0 saturated heterocycles. The molecule has 5 nitrogen and oxygen atoms in total. The SMILES string of the molecule is [2H][O+]([2H])C(=O)C1CC(C(C)C)C([O+]([2H])[2H])C([O+]([2H])[2H])C1[O+]([2H])[2H]. The van der Waals surface area contributed by atoms with Crippen molar-refractivity contribution in [2.75, 3.05) is 0 Å². The predicted molar refractivity (Wildman–Crippen MR) is 57.3 cm³/mol. The van der Waals surface area contributed by atoms with Crippen LogP contribution in [0.2, 0.25) is 0 Å². The minimum atomic E-state index is -1.46. The van der Waals surface area contributed by atoms with Gasteiger partial charge in [0, 0.05) is 10.7 Å². The van der Waals surface area contributed by atoms with Gasteiger partial charge in [0.25, 0.3) is 12.2 Å². The second-order valence-corrected chi connectivity index (χ2v) is 4.46. The Bertz CT molecular complexity index is 407. The number of carbonyl (C=O) groups excluding carboxylic acids is 1. The summed E-state index contributed by atoms with van der Waals surface area (Å²) in [5.74, 6) is -2.93. The number of carbonyl (C=O) groups is 1. The summed E-state index contributed by atoms with van der Waals surface area (Å²) in [6.07, 6.45) is -3.99. The Kier molecular flexibility index (Phi) is 1.52. The molecular formula is C10H22O5+4. The van der Waals surface area contributed by atoms with Gasteiger partial charge in [-0.15, -0.1) is 0 Å².